The molecule has 2 fully saturated rings. The summed E-state index contributed by atoms with van der Waals surface area (Å²) in [7, 11) is -3.18. The van der Waals surface area contributed by atoms with Crippen molar-refractivity contribution in [1.82, 2.24) is 30.8 Å². The van der Waals surface area contributed by atoms with Gasteiger partial charge in [-0.2, -0.15) is 0 Å². The molecular formula is C25H31N7O3S2. The van der Waals surface area contributed by atoms with E-state index in [-0.39, 0.29) is 29.4 Å². The Balaban J connectivity index is 1.17. The number of aromatic nitrogens is 4. The maximum atomic E-state index is 12.4. The van der Waals surface area contributed by atoms with Crippen LogP contribution in [0.3, 0.4) is 0 Å². The van der Waals surface area contributed by atoms with Crippen LogP contribution in [0.2, 0.25) is 0 Å². The van der Waals surface area contributed by atoms with Gasteiger partial charge in [-0.1, -0.05) is 19.4 Å². The third-order valence-electron chi connectivity index (χ3n) is 7.11. The van der Waals surface area contributed by atoms with Gasteiger partial charge in [-0.05, 0) is 43.0 Å². The van der Waals surface area contributed by atoms with Gasteiger partial charge in [-0.3, -0.25) is 9.78 Å². The number of hydrogen-bond donors (Lipinski definition) is 3. The lowest BCUT2D eigenvalue weighted by Gasteiger charge is -2.42. The smallest absolute Gasteiger partial charge is 0.238 e. The number of sulfone groups is 1. The number of amides is 1. The van der Waals surface area contributed by atoms with Gasteiger partial charge < -0.3 is 16.0 Å². The van der Waals surface area contributed by atoms with E-state index in [2.05, 4.69) is 44.1 Å². The molecule has 0 radical (unpaired) electrons. The summed E-state index contributed by atoms with van der Waals surface area (Å²) in [6.07, 6.45) is 7.97. The van der Waals surface area contributed by atoms with Crippen LogP contribution in [0.4, 0.5) is 5.82 Å². The van der Waals surface area contributed by atoms with Gasteiger partial charge in [-0.25, -0.2) is 13.4 Å². The Morgan fingerprint density at radius 3 is 2.78 bits per heavy atom. The van der Waals surface area contributed by atoms with Crippen LogP contribution in [-0.4, -0.2) is 65.1 Å². The third-order valence-corrected chi connectivity index (χ3v) is 9.80. The highest BCUT2D eigenvalue weighted by molar-refractivity contribution is 7.91. The summed E-state index contributed by atoms with van der Waals surface area (Å²) in [5.74, 6) is 0.276. The van der Waals surface area contributed by atoms with Gasteiger partial charge in [0, 0.05) is 35.8 Å². The molecule has 3 aromatic rings. The second kappa shape index (κ2) is 10.8. The molecule has 0 aromatic carbocycles. The van der Waals surface area contributed by atoms with E-state index in [0.29, 0.717) is 23.1 Å². The highest BCUT2D eigenvalue weighted by Gasteiger charge is 2.41. The van der Waals surface area contributed by atoms with Gasteiger partial charge in [0.2, 0.25) is 5.91 Å². The maximum absolute atomic E-state index is 12.4. The monoisotopic (exact) mass is 541 g/mol. The Kier molecular flexibility index (Phi) is 7.50. The largest absolute Gasteiger partial charge is 0.368 e. The van der Waals surface area contributed by atoms with Crippen molar-refractivity contribution >= 4 is 32.9 Å². The van der Waals surface area contributed by atoms with Crippen LogP contribution in [0.25, 0.3) is 10.7 Å². The van der Waals surface area contributed by atoms with Gasteiger partial charge in [0.15, 0.2) is 9.84 Å². The first kappa shape index (κ1) is 25.7. The quantitative estimate of drug-likeness (QED) is 0.372. The Labute approximate surface area is 220 Å². The first-order valence-corrected chi connectivity index (χ1v) is 15.2. The van der Waals surface area contributed by atoms with Crippen molar-refractivity contribution in [2.75, 3.05) is 29.9 Å². The molecule has 37 heavy (non-hydrogen) atoms. The maximum Gasteiger partial charge on any atom is 0.238 e. The van der Waals surface area contributed by atoms with Crippen LogP contribution in [0.5, 0.6) is 0 Å². The molecule has 3 N–H and O–H groups in total. The summed E-state index contributed by atoms with van der Waals surface area (Å²) in [5.41, 5.74) is 3.20. The summed E-state index contributed by atoms with van der Waals surface area (Å²) in [6.45, 7) is 3.50. The van der Waals surface area contributed by atoms with Crippen molar-refractivity contribution in [2.45, 2.75) is 50.6 Å². The average molecular weight is 542 g/mol. The Morgan fingerprint density at radius 1 is 1.22 bits per heavy atom. The minimum absolute atomic E-state index is 0.0406. The van der Waals surface area contributed by atoms with E-state index in [9.17, 15) is 13.2 Å². The van der Waals surface area contributed by atoms with Crippen LogP contribution >= 0.6 is 11.3 Å². The molecule has 5 rings (SSSR count). The van der Waals surface area contributed by atoms with Crippen molar-refractivity contribution in [1.29, 1.82) is 0 Å². The van der Waals surface area contributed by atoms with Crippen LogP contribution in [0.15, 0.2) is 36.7 Å². The van der Waals surface area contributed by atoms with Crippen LogP contribution in [0, 0.1) is 0 Å². The normalized spacial score (nSPS) is 20.1. The molecule has 1 aliphatic carbocycles. The third kappa shape index (κ3) is 5.81. The fourth-order valence-electron chi connectivity index (χ4n) is 4.86. The van der Waals surface area contributed by atoms with Crippen LogP contribution in [-0.2, 0) is 33.0 Å². The van der Waals surface area contributed by atoms with Crippen LogP contribution < -0.4 is 16.0 Å². The summed E-state index contributed by atoms with van der Waals surface area (Å²) in [5, 5.41) is 18.6. The molecule has 1 saturated heterocycles. The molecule has 12 heteroatoms. The van der Waals surface area contributed by atoms with E-state index < -0.39 is 15.9 Å². The number of thiazole rings is 1. The highest BCUT2D eigenvalue weighted by atomic mass is 32.2. The molecule has 1 unspecified atom stereocenters. The molecule has 10 nitrogen and oxygen atoms in total. The predicted molar refractivity (Wildman–Crippen MR) is 143 cm³/mol. The summed E-state index contributed by atoms with van der Waals surface area (Å²) in [4.78, 5) is 22.4. The molecule has 2 aliphatic rings. The van der Waals surface area contributed by atoms with Gasteiger partial charge in [0.1, 0.15) is 22.6 Å². The molecule has 1 saturated carbocycles. The first-order valence-electron chi connectivity index (χ1n) is 12.6. The van der Waals surface area contributed by atoms with Gasteiger partial charge in [0.05, 0.1) is 23.7 Å². The van der Waals surface area contributed by atoms with Crippen LogP contribution in [0.1, 0.15) is 42.3 Å². The number of nitrogens with zero attached hydrogens (tertiary/aromatic N) is 4. The molecule has 1 atom stereocenters. The lowest BCUT2D eigenvalue weighted by atomic mass is 9.65. The first-order chi connectivity index (χ1) is 17.9. The lowest BCUT2D eigenvalue weighted by molar-refractivity contribution is -0.122. The topological polar surface area (TPSA) is 139 Å². The molecule has 0 bridgehead atoms. The van der Waals surface area contributed by atoms with Crippen molar-refractivity contribution in [3.63, 3.8) is 0 Å². The highest BCUT2D eigenvalue weighted by Crippen LogP contribution is 2.44. The summed E-state index contributed by atoms with van der Waals surface area (Å²) in [6, 6.07) is 7.25. The molecule has 1 aliphatic heterocycles. The SMILES string of the molecule is CCc1cccnc1C1(CNc2ccc(-c3ncc(CNC(=O)C4CS(=O)(=O)CCN4)s3)nn2)CCC1. The van der Waals surface area contributed by atoms with Crippen molar-refractivity contribution in [3.8, 4) is 10.7 Å². The molecule has 196 valence electrons. The molecular weight excluding hydrogens is 510 g/mol. The van der Waals surface area contributed by atoms with E-state index in [0.717, 1.165) is 30.7 Å². The Morgan fingerprint density at radius 2 is 2.08 bits per heavy atom. The fraction of sp³-hybridized carbons (Fsp3) is 0.480. The molecule has 4 heterocycles. The van der Waals surface area contributed by atoms with E-state index >= 15 is 0 Å². The number of hydrogen-bond acceptors (Lipinski definition) is 10. The fourth-order valence-corrected chi connectivity index (χ4v) is 7.05. The van der Waals surface area contributed by atoms with Crippen molar-refractivity contribution < 1.29 is 13.2 Å². The number of rotatable bonds is 9. The number of aryl methyl sites for hydroxylation is 1. The molecule has 0 spiro atoms. The summed E-state index contributed by atoms with van der Waals surface area (Å²) < 4.78 is 23.6. The number of carbonyl (C=O) groups is 1. The summed E-state index contributed by atoms with van der Waals surface area (Å²) >= 11 is 1.42. The van der Waals surface area contributed by atoms with Gasteiger partial charge in [-0.15, -0.1) is 21.5 Å². The molecule has 3 aromatic heterocycles. The number of carbonyl (C=O) groups excluding carboxylic acids is 1. The van der Waals surface area contributed by atoms with Crippen molar-refractivity contribution in [2.24, 2.45) is 0 Å². The van der Waals surface area contributed by atoms with Crippen molar-refractivity contribution in [3.05, 3.63) is 52.8 Å². The predicted octanol–water partition coefficient (Wildman–Crippen LogP) is 2.09. The van der Waals surface area contributed by atoms with E-state index in [1.54, 1.807) is 6.20 Å². The van der Waals surface area contributed by atoms with Gasteiger partial charge >= 0.3 is 0 Å². The second-order valence-corrected chi connectivity index (χ2v) is 13.0. The van der Waals surface area contributed by atoms with E-state index in [1.807, 2.05) is 24.4 Å². The zero-order valence-electron chi connectivity index (χ0n) is 20.7. The minimum atomic E-state index is -3.18. The van der Waals surface area contributed by atoms with Gasteiger partial charge in [0.25, 0.3) is 0 Å². The Bertz CT molecular complexity index is 1350. The van der Waals surface area contributed by atoms with E-state index in [1.165, 1.54) is 29.0 Å². The zero-order chi connectivity index (χ0) is 25.9. The number of nitrogens with one attached hydrogen (secondary N) is 3. The zero-order valence-corrected chi connectivity index (χ0v) is 22.4. The number of anilines is 1. The standard InChI is InChI=1S/C25H31N7O3S2/c1-2-17-5-3-10-27-22(17)25(8-4-9-25)16-30-21-7-6-19(31-32-21)24-29-14-18(36-24)13-28-23(33)20-15-37(34,35)12-11-26-20/h3,5-7,10,14,20,26H,2,4,8-9,11-13,15-16H2,1H3,(H,28,33)(H,30,32). The number of pyridine rings is 1. The average Bonchev–Trinajstić information content (AvgIpc) is 3.36. The minimum Gasteiger partial charge on any atom is -0.368 e. The molecule has 1 amide bonds. The van der Waals surface area contributed by atoms with E-state index in [4.69, 9.17) is 4.98 Å². The lowest BCUT2D eigenvalue weighted by Crippen LogP contribution is -2.53. The Hall–Kier alpha value is -2.96. The second-order valence-electron chi connectivity index (χ2n) is 9.63.